The second-order valence-electron chi connectivity index (χ2n) is 6.17. The number of hydrogen-bond acceptors (Lipinski definition) is 0. The van der Waals surface area contributed by atoms with Gasteiger partial charge in [0, 0.05) is 0 Å². The molecular formula is C13H26. The maximum atomic E-state index is 2.47. The van der Waals surface area contributed by atoms with Gasteiger partial charge in [0.2, 0.25) is 0 Å². The van der Waals surface area contributed by atoms with E-state index in [-0.39, 0.29) is 0 Å². The Bertz CT molecular complexity index is 167. The zero-order chi connectivity index (χ0) is 10.2. The molecule has 13 heavy (non-hydrogen) atoms. The Labute approximate surface area is 84.1 Å². The topological polar surface area (TPSA) is 0 Å². The SMILES string of the molecule is CC(C)CC1C(C)CC(C)C1(C)C. The normalized spacial score (nSPS) is 38.5. The monoisotopic (exact) mass is 182 g/mol. The molecule has 1 aliphatic rings. The molecule has 0 aromatic carbocycles. The van der Waals surface area contributed by atoms with Crippen molar-refractivity contribution >= 4 is 0 Å². The van der Waals surface area contributed by atoms with Crippen LogP contribution in [0.15, 0.2) is 0 Å². The summed E-state index contributed by atoms with van der Waals surface area (Å²) in [5.41, 5.74) is 0.573. The Kier molecular flexibility index (Phi) is 3.09. The fraction of sp³-hybridized carbons (Fsp3) is 1.00. The largest absolute Gasteiger partial charge is 0.0628 e. The van der Waals surface area contributed by atoms with Gasteiger partial charge in [0.15, 0.2) is 0 Å². The highest BCUT2D eigenvalue weighted by atomic mass is 14.5. The Morgan fingerprint density at radius 3 is 2.08 bits per heavy atom. The summed E-state index contributed by atoms with van der Waals surface area (Å²) in [5.74, 6) is 3.65. The van der Waals surface area contributed by atoms with Crippen molar-refractivity contribution in [3.8, 4) is 0 Å². The fourth-order valence-electron chi connectivity index (χ4n) is 3.17. The first kappa shape index (κ1) is 11.1. The summed E-state index contributed by atoms with van der Waals surface area (Å²) in [6, 6.07) is 0. The molecular weight excluding hydrogens is 156 g/mol. The molecule has 0 nitrogen and oxygen atoms in total. The van der Waals surface area contributed by atoms with Crippen LogP contribution in [0.4, 0.5) is 0 Å². The van der Waals surface area contributed by atoms with Gasteiger partial charge in [-0.25, -0.2) is 0 Å². The molecule has 1 fully saturated rings. The van der Waals surface area contributed by atoms with Gasteiger partial charge in [-0.2, -0.15) is 0 Å². The van der Waals surface area contributed by atoms with Crippen LogP contribution in [-0.2, 0) is 0 Å². The van der Waals surface area contributed by atoms with Crippen molar-refractivity contribution in [3.63, 3.8) is 0 Å². The van der Waals surface area contributed by atoms with Crippen molar-refractivity contribution in [2.75, 3.05) is 0 Å². The Morgan fingerprint density at radius 2 is 1.77 bits per heavy atom. The van der Waals surface area contributed by atoms with Gasteiger partial charge in [-0.15, -0.1) is 0 Å². The molecule has 0 saturated heterocycles. The van der Waals surface area contributed by atoms with Crippen LogP contribution in [0.2, 0.25) is 0 Å². The predicted octanol–water partition coefficient (Wildman–Crippen LogP) is 4.35. The predicted molar refractivity (Wildman–Crippen MR) is 59.7 cm³/mol. The molecule has 1 saturated carbocycles. The van der Waals surface area contributed by atoms with Crippen molar-refractivity contribution < 1.29 is 0 Å². The molecule has 3 unspecified atom stereocenters. The first-order chi connectivity index (χ1) is 5.85. The molecule has 0 spiro atoms. The molecule has 3 atom stereocenters. The second kappa shape index (κ2) is 3.63. The lowest BCUT2D eigenvalue weighted by molar-refractivity contribution is 0.156. The molecule has 1 aliphatic carbocycles. The van der Waals surface area contributed by atoms with E-state index in [2.05, 4.69) is 41.5 Å². The molecule has 0 heteroatoms. The third-order valence-electron chi connectivity index (χ3n) is 4.36. The summed E-state index contributed by atoms with van der Waals surface area (Å²) in [4.78, 5) is 0. The number of rotatable bonds is 2. The summed E-state index contributed by atoms with van der Waals surface area (Å²) in [6.07, 6.45) is 2.85. The summed E-state index contributed by atoms with van der Waals surface area (Å²) in [7, 11) is 0. The molecule has 0 aromatic heterocycles. The van der Waals surface area contributed by atoms with Crippen LogP contribution in [0.25, 0.3) is 0 Å². The molecule has 0 amide bonds. The van der Waals surface area contributed by atoms with E-state index in [1.165, 1.54) is 12.8 Å². The van der Waals surface area contributed by atoms with Crippen LogP contribution in [0, 0.1) is 29.1 Å². The highest BCUT2D eigenvalue weighted by Crippen LogP contribution is 2.52. The average molecular weight is 182 g/mol. The summed E-state index contributed by atoms with van der Waals surface area (Å²) in [5, 5.41) is 0. The smallest absolute Gasteiger partial charge is 0.0297 e. The molecule has 0 heterocycles. The van der Waals surface area contributed by atoms with E-state index < -0.39 is 0 Å². The Balaban J connectivity index is 2.70. The minimum Gasteiger partial charge on any atom is -0.0628 e. The lowest BCUT2D eigenvalue weighted by atomic mass is 9.72. The molecule has 0 bridgehead atoms. The zero-order valence-electron chi connectivity index (χ0n) is 10.2. The van der Waals surface area contributed by atoms with E-state index in [1.807, 2.05) is 0 Å². The highest BCUT2D eigenvalue weighted by molar-refractivity contribution is 4.93. The fourth-order valence-corrected chi connectivity index (χ4v) is 3.17. The average Bonchev–Trinajstić information content (AvgIpc) is 2.13. The minimum absolute atomic E-state index is 0.573. The lowest BCUT2D eigenvalue weighted by Crippen LogP contribution is -2.26. The molecule has 1 rings (SSSR count). The van der Waals surface area contributed by atoms with Crippen LogP contribution >= 0.6 is 0 Å². The molecule has 0 N–H and O–H groups in total. The third-order valence-corrected chi connectivity index (χ3v) is 4.36. The lowest BCUT2D eigenvalue weighted by Gasteiger charge is -2.33. The Morgan fingerprint density at radius 1 is 1.23 bits per heavy atom. The standard InChI is InChI=1S/C13H26/c1-9(2)7-12-10(3)8-11(4)13(12,5)6/h9-12H,7-8H2,1-6H3. The molecule has 0 aromatic rings. The van der Waals surface area contributed by atoms with Gasteiger partial charge in [-0.05, 0) is 41.9 Å². The van der Waals surface area contributed by atoms with Crippen LogP contribution < -0.4 is 0 Å². The molecule has 0 radical (unpaired) electrons. The van der Waals surface area contributed by atoms with Gasteiger partial charge in [0.1, 0.15) is 0 Å². The molecule has 0 aliphatic heterocycles. The summed E-state index contributed by atoms with van der Waals surface area (Å²) in [6.45, 7) is 14.5. The van der Waals surface area contributed by atoms with Crippen molar-refractivity contribution in [1.29, 1.82) is 0 Å². The quantitative estimate of drug-likeness (QED) is 0.595. The summed E-state index contributed by atoms with van der Waals surface area (Å²) >= 11 is 0. The first-order valence-corrected chi connectivity index (χ1v) is 5.85. The van der Waals surface area contributed by atoms with E-state index in [4.69, 9.17) is 0 Å². The van der Waals surface area contributed by atoms with E-state index in [0.29, 0.717) is 5.41 Å². The van der Waals surface area contributed by atoms with Crippen LogP contribution in [-0.4, -0.2) is 0 Å². The minimum atomic E-state index is 0.573. The van der Waals surface area contributed by atoms with Crippen LogP contribution in [0.5, 0.6) is 0 Å². The van der Waals surface area contributed by atoms with E-state index >= 15 is 0 Å². The Hall–Kier alpha value is 0. The van der Waals surface area contributed by atoms with Gasteiger partial charge in [-0.1, -0.05) is 41.5 Å². The van der Waals surface area contributed by atoms with Crippen molar-refractivity contribution in [3.05, 3.63) is 0 Å². The van der Waals surface area contributed by atoms with Crippen molar-refractivity contribution in [1.82, 2.24) is 0 Å². The van der Waals surface area contributed by atoms with E-state index in [1.54, 1.807) is 0 Å². The van der Waals surface area contributed by atoms with Crippen LogP contribution in [0.1, 0.15) is 54.4 Å². The van der Waals surface area contributed by atoms with Crippen molar-refractivity contribution in [2.45, 2.75) is 54.4 Å². The van der Waals surface area contributed by atoms with Crippen LogP contribution in [0.3, 0.4) is 0 Å². The van der Waals surface area contributed by atoms with Gasteiger partial charge in [0.05, 0.1) is 0 Å². The van der Waals surface area contributed by atoms with Crippen molar-refractivity contribution in [2.24, 2.45) is 29.1 Å². The highest BCUT2D eigenvalue weighted by Gasteiger charge is 2.44. The zero-order valence-corrected chi connectivity index (χ0v) is 10.2. The third kappa shape index (κ3) is 2.08. The molecule has 78 valence electrons. The maximum Gasteiger partial charge on any atom is -0.0297 e. The number of hydrogen-bond donors (Lipinski definition) is 0. The van der Waals surface area contributed by atoms with Gasteiger partial charge in [-0.3, -0.25) is 0 Å². The van der Waals surface area contributed by atoms with E-state index in [9.17, 15) is 0 Å². The maximum absolute atomic E-state index is 2.47. The van der Waals surface area contributed by atoms with Gasteiger partial charge < -0.3 is 0 Å². The van der Waals surface area contributed by atoms with Gasteiger partial charge in [0.25, 0.3) is 0 Å². The first-order valence-electron chi connectivity index (χ1n) is 5.85. The van der Waals surface area contributed by atoms with Gasteiger partial charge >= 0.3 is 0 Å². The summed E-state index contributed by atoms with van der Waals surface area (Å²) < 4.78 is 0. The second-order valence-corrected chi connectivity index (χ2v) is 6.17. The van der Waals surface area contributed by atoms with E-state index in [0.717, 1.165) is 23.7 Å².